The Morgan fingerprint density at radius 2 is 1.92 bits per heavy atom. The summed E-state index contributed by atoms with van der Waals surface area (Å²) in [4.78, 5) is 28.2. The molecule has 1 N–H and O–H groups in total. The van der Waals surface area contributed by atoms with Crippen molar-refractivity contribution in [3.8, 4) is 0 Å². The predicted octanol–water partition coefficient (Wildman–Crippen LogP) is 6.84. The van der Waals surface area contributed by atoms with Gasteiger partial charge < -0.3 is 14.6 Å². The lowest BCUT2D eigenvalue weighted by Gasteiger charge is -2.12. The van der Waals surface area contributed by atoms with E-state index in [0.717, 1.165) is 47.2 Å². The van der Waals surface area contributed by atoms with Crippen LogP contribution in [0, 0.1) is 6.92 Å². The summed E-state index contributed by atoms with van der Waals surface area (Å²) in [6.45, 7) is 6.89. The first-order valence-corrected chi connectivity index (χ1v) is 14.1. The number of esters is 1. The number of ether oxygens (including phenoxy) is 1. The third-order valence-electron chi connectivity index (χ3n) is 6.54. The fourth-order valence-electron chi connectivity index (χ4n) is 4.70. The van der Waals surface area contributed by atoms with Crippen LogP contribution in [0.2, 0.25) is 0 Å². The molecule has 186 valence electrons. The summed E-state index contributed by atoms with van der Waals surface area (Å²) in [5, 5.41) is 4.47. The smallest absolute Gasteiger partial charge is 0.341 e. The Morgan fingerprint density at radius 3 is 2.69 bits per heavy atom. The van der Waals surface area contributed by atoms with Gasteiger partial charge in [-0.2, -0.15) is 0 Å². The van der Waals surface area contributed by atoms with Crippen LogP contribution in [0.25, 0.3) is 10.9 Å². The molecule has 0 fully saturated rings. The molecule has 0 aliphatic heterocycles. The van der Waals surface area contributed by atoms with Gasteiger partial charge in [0.05, 0.1) is 17.4 Å². The van der Waals surface area contributed by atoms with Gasteiger partial charge in [-0.25, -0.2) is 4.79 Å². The molecule has 1 aliphatic carbocycles. The minimum absolute atomic E-state index is 0.110. The molecule has 5 nitrogen and oxygen atoms in total. The van der Waals surface area contributed by atoms with Crippen LogP contribution in [0.1, 0.15) is 52.2 Å². The number of para-hydroxylation sites is 1. The van der Waals surface area contributed by atoms with Gasteiger partial charge in [0.25, 0.3) is 0 Å². The second kappa shape index (κ2) is 10.5. The van der Waals surface area contributed by atoms with Gasteiger partial charge >= 0.3 is 5.97 Å². The molecule has 0 radical (unpaired) electrons. The molecule has 4 aromatic rings. The summed E-state index contributed by atoms with van der Waals surface area (Å²) in [7, 11) is 0. The number of anilines is 1. The highest BCUT2D eigenvalue weighted by Crippen LogP contribution is 2.40. The second-order valence-corrected chi connectivity index (χ2v) is 11.6. The van der Waals surface area contributed by atoms with Gasteiger partial charge in [-0.05, 0) is 57.2 Å². The van der Waals surface area contributed by atoms with E-state index in [-0.39, 0.29) is 17.1 Å². The van der Waals surface area contributed by atoms with Crippen molar-refractivity contribution in [2.24, 2.45) is 0 Å². The largest absolute Gasteiger partial charge is 0.462 e. The Labute approximate surface area is 219 Å². The van der Waals surface area contributed by atoms with Crippen molar-refractivity contribution in [3.63, 3.8) is 0 Å². The molecule has 1 unspecified atom stereocenters. The molecular weight excluding hydrogens is 488 g/mol. The van der Waals surface area contributed by atoms with Crippen LogP contribution in [-0.4, -0.2) is 28.3 Å². The maximum Gasteiger partial charge on any atom is 0.341 e. The zero-order valence-electron chi connectivity index (χ0n) is 20.8. The number of fused-ring (bicyclic) bond motifs is 2. The first-order chi connectivity index (χ1) is 17.4. The monoisotopic (exact) mass is 518 g/mol. The van der Waals surface area contributed by atoms with E-state index in [2.05, 4.69) is 59.4 Å². The average Bonchev–Trinajstić information content (AvgIpc) is 3.54. The Morgan fingerprint density at radius 1 is 1.14 bits per heavy atom. The second-order valence-electron chi connectivity index (χ2n) is 9.16. The standard InChI is InChI=1S/C29H30N2O3S2/c1-4-34-29(33)26-22-9-7-11-24(22)36-28(26)30-27(32)19(3)35-25-17-31(23-10-6-5-8-21(23)25)16-20-14-12-18(2)13-15-20/h5-6,8,10,12-15,17,19H,4,7,9,11,16H2,1-3H3,(H,30,32). The number of thiophene rings is 1. The Balaban J connectivity index is 1.36. The zero-order valence-corrected chi connectivity index (χ0v) is 22.4. The molecule has 5 rings (SSSR count). The van der Waals surface area contributed by atoms with Crippen molar-refractivity contribution in [2.45, 2.75) is 56.7 Å². The predicted molar refractivity (Wildman–Crippen MR) is 148 cm³/mol. The maximum absolute atomic E-state index is 13.3. The normalized spacial score (nSPS) is 13.5. The van der Waals surface area contributed by atoms with E-state index >= 15 is 0 Å². The number of nitrogens with zero attached hydrogens (tertiary/aromatic N) is 1. The van der Waals surface area contributed by atoms with Gasteiger partial charge in [-0.1, -0.05) is 48.0 Å². The Hall–Kier alpha value is -3.03. The quantitative estimate of drug-likeness (QED) is 0.205. The summed E-state index contributed by atoms with van der Waals surface area (Å²) in [6.07, 6.45) is 5.00. The van der Waals surface area contributed by atoms with Gasteiger partial charge in [0.15, 0.2) is 0 Å². The molecule has 2 aromatic carbocycles. The van der Waals surface area contributed by atoms with E-state index in [0.29, 0.717) is 17.2 Å². The summed E-state index contributed by atoms with van der Waals surface area (Å²) in [5.74, 6) is -0.451. The number of rotatable bonds is 8. The number of aryl methyl sites for hydroxylation is 2. The molecule has 1 atom stereocenters. The highest BCUT2D eigenvalue weighted by Gasteiger charge is 2.29. The maximum atomic E-state index is 13.3. The number of nitrogens with one attached hydrogen (secondary N) is 1. The number of benzene rings is 2. The number of carbonyl (C=O) groups excluding carboxylic acids is 2. The van der Waals surface area contributed by atoms with Gasteiger partial charge in [0, 0.05) is 33.4 Å². The van der Waals surface area contributed by atoms with Crippen LogP contribution in [0.4, 0.5) is 5.00 Å². The fourth-order valence-corrected chi connectivity index (χ4v) is 7.01. The topological polar surface area (TPSA) is 60.3 Å². The number of hydrogen-bond acceptors (Lipinski definition) is 5. The summed E-state index contributed by atoms with van der Waals surface area (Å²) >= 11 is 3.06. The van der Waals surface area contributed by atoms with Crippen molar-refractivity contribution in [3.05, 3.63) is 81.9 Å². The molecule has 36 heavy (non-hydrogen) atoms. The van der Waals surface area contributed by atoms with Gasteiger partial charge in [-0.15, -0.1) is 23.1 Å². The summed E-state index contributed by atoms with van der Waals surface area (Å²) in [6, 6.07) is 16.9. The van der Waals surface area contributed by atoms with Crippen molar-refractivity contribution in [2.75, 3.05) is 11.9 Å². The van der Waals surface area contributed by atoms with Crippen LogP contribution in [0.5, 0.6) is 0 Å². The van der Waals surface area contributed by atoms with Crippen molar-refractivity contribution < 1.29 is 14.3 Å². The van der Waals surface area contributed by atoms with Gasteiger partial charge in [0.1, 0.15) is 5.00 Å². The van der Waals surface area contributed by atoms with Crippen LogP contribution < -0.4 is 5.32 Å². The van der Waals surface area contributed by atoms with E-state index < -0.39 is 0 Å². The van der Waals surface area contributed by atoms with Crippen LogP contribution in [0.15, 0.2) is 59.6 Å². The van der Waals surface area contributed by atoms with Crippen molar-refractivity contribution in [1.82, 2.24) is 4.57 Å². The van der Waals surface area contributed by atoms with Gasteiger partial charge in [0.2, 0.25) is 5.91 Å². The van der Waals surface area contributed by atoms with Crippen molar-refractivity contribution in [1.29, 1.82) is 0 Å². The minimum Gasteiger partial charge on any atom is -0.462 e. The summed E-state index contributed by atoms with van der Waals surface area (Å²) < 4.78 is 7.55. The molecule has 2 aromatic heterocycles. The zero-order chi connectivity index (χ0) is 25.2. The van der Waals surface area contributed by atoms with E-state index in [1.54, 1.807) is 18.7 Å². The third-order valence-corrected chi connectivity index (χ3v) is 8.89. The third kappa shape index (κ3) is 4.95. The lowest BCUT2D eigenvalue weighted by molar-refractivity contribution is -0.115. The first kappa shape index (κ1) is 24.7. The van der Waals surface area contributed by atoms with E-state index in [9.17, 15) is 9.59 Å². The van der Waals surface area contributed by atoms with Crippen LogP contribution in [0.3, 0.4) is 0 Å². The molecule has 2 heterocycles. The highest BCUT2D eigenvalue weighted by molar-refractivity contribution is 8.00. The number of hydrogen-bond donors (Lipinski definition) is 1. The number of carbonyl (C=O) groups is 2. The first-order valence-electron chi connectivity index (χ1n) is 12.4. The molecule has 0 saturated carbocycles. The fraction of sp³-hybridized carbons (Fsp3) is 0.310. The van der Waals surface area contributed by atoms with Crippen LogP contribution >= 0.6 is 23.1 Å². The molecule has 0 saturated heterocycles. The number of thioether (sulfide) groups is 1. The molecule has 1 amide bonds. The number of amides is 1. The van der Waals surface area contributed by atoms with Gasteiger partial charge in [-0.3, -0.25) is 4.79 Å². The van der Waals surface area contributed by atoms with E-state index in [4.69, 9.17) is 4.74 Å². The highest BCUT2D eigenvalue weighted by atomic mass is 32.2. The lowest BCUT2D eigenvalue weighted by Crippen LogP contribution is -2.23. The Bertz CT molecular complexity index is 1420. The van der Waals surface area contributed by atoms with E-state index in [1.165, 1.54) is 27.3 Å². The molecular formula is C29H30N2O3S2. The number of aromatic nitrogens is 1. The molecule has 7 heteroatoms. The van der Waals surface area contributed by atoms with Crippen LogP contribution in [-0.2, 0) is 28.9 Å². The lowest BCUT2D eigenvalue weighted by atomic mass is 10.1. The Kier molecular flexibility index (Phi) is 7.21. The van der Waals surface area contributed by atoms with E-state index in [1.807, 2.05) is 19.1 Å². The minimum atomic E-state index is -0.341. The SMILES string of the molecule is CCOC(=O)c1c(NC(=O)C(C)Sc2cn(Cc3ccc(C)cc3)c3ccccc23)sc2c1CCC2. The summed E-state index contributed by atoms with van der Waals surface area (Å²) in [5.41, 5.74) is 5.23. The molecule has 0 spiro atoms. The molecule has 1 aliphatic rings. The average molecular weight is 519 g/mol. The van der Waals surface area contributed by atoms with Crippen molar-refractivity contribution >= 4 is 50.9 Å². The molecule has 0 bridgehead atoms.